The summed E-state index contributed by atoms with van der Waals surface area (Å²) in [6, 6.07) is 5.64. The number of para-hydroxylation sites is 1. The molecule has 0 unspecified atom stereocenters. The molecular formula is C23H25ClN6O3. The molecule has 10 heteroatoms. The maximum atomic E-state index is 13.8. The quantitative estimate of drug-likeness (QED) is 0.443. The molecular weight excluding hydrogens is 444 g/mol. The number of rotatable bonds is 5. The van der Waals surface area contributed by atoms with E-state index in [4.69, 9.17) is 20.9 Å². The molecule has 0 spiro atoms. The Balaban J connectivity index is 1.47. The first-order valence-electron chi connectivity index (χ1n) is 11.5. The van der Waals surface area contributed by atoms with E-state index in [-0.39, 0.29) is 11.4 Å². The van der Waals surface area contributed by atoms with Gasteiger partial charge < -0.3 is 13.8 Å². The van der Waals surface area contributed by atoms with Gasteiger partial charge in [0.25, 0.3) is 11.4 Å². The van der Waals surface area contributed by atoms with E-state index >= 15 is 0 Å². The minimum absolute atomic E-state index is 0.169. The highest BCUT2D eigenvalue weighted by molar-refractivity contribution is 6.35. The lowest BCUT2D eigenvalue weighted by Crippen LogP contribution is -2.39. The molecule has 1 saturated carbocycles. The first-order chi connectivity index (χ1) is 16.2. The van der Waals surface area contributed by atoms with E-state index in [9.17, 15) is 4.79 Å². The van der Waals surface area contributed by atoms with Crippen molar-refractivity contribution in [2.45, 2.75) is 38.1 Å². The lowest BCUT2D eigenvalue weighted by Gasteiger charge is -2.27. The van der Waals surface area contributed by atoms with Crippen LogP contribution in [0.3, 0.4) is 0 Å². The van der Waals surface area contributed by atoms with Gasteiger partial charge in [0, 0.05) is 32.1 Å². The zero-order chi connectivity index (χ0) is 22.4. The molecule has 172 valence electrons. The summed E-state index contributed by atoms with van der Waals surface area (Å²) in [6.45, 7) is 4.37. The zero-order valence-corrected chi connectivity index (χ0v) is 19.0. The minimum Gasteiger partial charge on any atom is -0.379 e. The van der Waals surface area contributed by atoms with Crippen molar-refractivity contribution in [2.24, 2.45) is 0 Å². The number of imidazole rings is 1. The van der Waals surface area contributed by atoms with Gasteiger partial charge in [-0.3, -0.25) is 14.1 Å². The highest BCUT2D eigenvalue weighted by Gasteiger charge is 2.26. The molecule has 9 nitrogen and oxygen atoms in total. The smallest absolute Gasteiger partial charge is 0.278 e. The molecule has 0 bridgehead atoms. The molecule has 1 saturated heterocycles. The number of nitrogens with zero attached hydrogens (tertiary/aromatic N) is 6. The van der Waals surface area contributed by atoms with Gasteiger partial charge in [-0.15, -0.1) is 0 Å². The van der Waals surface area contributed by atoms with Crippen LogP contribution in [0.25, 0.3) is 28.1 Å². The van der Waals surface area contributed by atoms with Gasteiger partial charge in [0.1, 0.15) is 11.8 Å². The lowest BCUT2D eigenvalue weighted by molar-refractivity contribution is 0.0364. The van der Waals surface area contributed by atoms with E-state index in [2.05, 4.69) is 20.0 Å². The third kappa shape index (κ3) is 3.64. The predicted octanol–water partition coefficient (Wildman–Crippen LogP) is 3.34. The third-order valence-corrected chi connectivity index (χ3v) is 7.12. The number of hydrogen-bond acceptors (Lipinski definition) is 7. The van der Waals surface area contributed by atoms with Crippen LogP contribution in [0.4, 0.5) is 0 Å². The fourth-order valence-electron chi connectivity index (χ4n) is 5.05. The van der Waals surface area contributed by atoms with Gasteiger partial charge in [-0.25, -0.2) is 4.98 Å². The Labute approximate surface area is 194 Å². The van der Waals surface area contributed by atoms with E-state index < -0.39 is 0 Å². The number of aromatic nitrogens is 5. The number of halogens is 1. The molecule has 33 heavy (non-hydrogen) atoms. The molecule has 1 aromatic carbocycles. The van der Waals surface area contributed by atoms with E-state index in [0.717, 1.165) is 38.0 Å². The van der Waals surface area contributed by atoms with E-state index in [1.165, 1.54) is 12.8 Å². The van der Waals surface area contributed by atoms with E-state index in [1.807, 2.05) is 18.2 Å². The summed E-state index contributed by atoms with van der Waals surface area (Å²) in [7, 11) is 0. The average molecular weight is 469 g/mol. The van der Waals surface area contributed by atoms with Crippen molar-refractivity contribution in [2.75, 3.05) is 32.8 Å². The number of ether oxygens (including phenoxy) is 1. The van der Waals surface area contributed by atoms with Crippen molar-refractivity contribution >= 4 is 28.2 Å². The van der Waals surface area contributed by atoms with Crippen molar-refractivity contribution in [3.63, 3.8) is 0 Å². The van der Waals surface area contributed by atoms with Gasteiger partial charge in [-0.1, -0.05) is 35.7 Å². The summed E-state index contributed by atoms with van der Waals surface area (Å²) >= 11 is 6.59. The minimum atomic E-state index is -0.169. The number of morpholine rings is 1. The first-order valence-corrected chi connectivity index (χ1v) is 11.9. The number of hydrogen-bond donors (Lipinski definition) is 0. The van der Waals surface area contributed by atoms with Crippen molar-refractivity contribution in [1.29, 1.82) is 0 Å². The molecule has 2 fully saturated rings. The van der Waals surface area contributed by atoms with Gasteiger partial charge in [-0.2, -0.15) is 4.98 Å². The Kier molecular flexibility index (Phi) is 5.40. The second-order valence-electron chi connectivity index (χ2n) is 8.77. The molecule has 4 heterocycles. The second kappa shape index (κ2) is 8.55. The van der Waals surface area contributed by atoms with Crippen LogP contribution in [0.2, 0.25) is 5.02 Å². The molecule has 3 aromatic heterocycles. The zero-order valence-electron chi connectivity index (χ0n) is 18.2. The normalized spacial score (nSPS) is 18.1. The van der Waals surface area contributed by atoms with Crippen molar-refractivity contribution in [1.82, 2.24) is 29.0 Å². The van der Waals surface area contributed by atoms with Gasteiger partial charge >= 0.3 is 0 Å². The summed E-state index contributed by atoms with van der Waals surface area (Å²) in [5, 5.41) is 4.74. The highest BCUT2D eigenvalue weighted by Crippen LogP contribution is 2.34. The van der Waals surface area contributed by atoms with Crippen LogP contribution in [0.15, 0.2) is 33.8 Å². The Morgan fingerprint density at radius 1 is 1.09 bits per heavy atom. The SMILES string of the molecule is O=c1c2c(-c3nc(C4CCCC4)no3)ncn2c2cccc(Cl)c2n1CCN1CCOCC1. The molecule has 0 N–H and O–H groups in total. The van der Waals surface area contributed by atoms with Crippen LogP contribution < -0.4 is 5.56 Å². The average Bonchev–Trinajstić information content (AvgIpc) is 3.60. The van der Waals surface area contributed by atoms with Crippen LogP contribution in [0.1, 0.15) is 37.4 Å². The maximum absolute atomic E-state index is 13.8. The topological polar surface area (TPSA) is 90.7 Å². The lowest BCUT2D eigenvalue weighted by atomic mass is 10.1. The summed E-state index contributed by atoms with van der Waals surface area (Å²) in [4.78, 5) is 25.2. The van der Waals surface area contributed by atoms with Crippen LogP contribution in [-0.2, 0) is 11.3 Å². The Bertz CT molecular complexity index is 1360. The summed E-state index contributed by atoms with van der Waals surface area (Å²) in [6.07, 6.45) is 6.14. The van der Waals surface area contributed by atoms with Gasteiger partial charge in [0.2, 0.25) is 0 Å². The fourth-order valence-corrected chi connectivity index (χ4v) is 5.32. The van der Waals surface area contributed by atoms with E-state index in [0.29, 0.717) is 53.3 Å². The summed E-state index contributed by atoms with van der Waals surface area (Å²) in [5.74, 6) is 1.32. The molecule has 6 rings (SSSR count). The first kappa shape index (κ1) is 20.8. The van der Waals surface area contributed by atoms with Gasteiger partial charge in [-0.05, 0) is 25.0 Å². The Hall–Kier alpha value is -2.75. The van der Waals surface area contributed by atoms with Crippen LogP contribution in [-0.4, -0.2) is 61.8 Å². The van der Waals surface area contributed by atoms with Crippen LogP contribution in [0.5, 0.6) is 0 Å². The molecule has 4 aromatic rings. The molecule has 1 aliphatic carbocycles. The molecule has 1 aliphatic heterocycles. The largest absolute Gasteiger partial charge is 0.379 e. The van der Waals surface area contributed by atoms with Gasteiger partial charge in [0.15, 0.2) is 11.5 Å². The van der Waals surface area contributed by atoms with Crippen LogP contribution >= 0.6 is 11.6 Å². The van der Waals surface area contributed by atoms with Gasteiger partial charge in [0.05, 0.1) is 29.3 Å². The third-order valence-electron chi connectivity index (χ3n) is 6.82. The van der Waals surface area contributed by atoms with E-state index in [1.54, 1.807) is 15.3 Å². The second-order valence-corrected chi connectivity index (χ2v) is 9.18. The number of fused-ring (bicyclic) bond motifs is 3. The molecule has 0 atom stereocenters. The fraction of sp³-hybridized carbons (Fsp3) is 0.478. The van der Waals surface area contributed by atoms with Crippen molar-refractivity contribution < 1.29 is 9.26 Å². The highest BCUT2D eigenvalue weighted by atomic mass is 35.5. The van der Waals surface area contributed by atoms with Crippen molar-refractivity contribution in [3.05, 3.63) is 45.7 Å². The van der Waals surface area contributed by atoms with Crippen LogP contribution in [0, 0.1) is 0 Å². The Morgan fingerprint density at radius 2 is 1.91 bits per heavy atom. The summed E-state index contributed by atoms with van der Waals surface area (Å²) < 4.78 is 14.6. The summed E-state index contributed by atoms with van der Waals surface area (Å²) in [5.41, 5.74) is 2.18. The van der Waals surface area contributed by atoms with Crippen molar-refractivity contribution in [3.8, 4) is 11.6 Å². The molecule has 2 aliphatic rings. The maximum Gasteiger partial charge on any atom is 0.278 e. The molecule has 0 amide bonds. The Morgan fingerprint density at radius 3 is 2.73 bits per heavy atom. The standard InChI is InChI=1S/C23H25ClN6O3/c24-16-6-3-7-17-19(16)29(9-8-28-10-12-32-13-11-28)23(31)20-18(25-14-30(17)20)22-26-21(27-33-22)15-4-1-2-5-15/h3,6-7,14-15H,1-2,4-5,8-13H2. The molecule has 0 radical (unpaired) electrons. The predicted molar refractivity (Wildman–Crippen MR) is 124 cm³/mol. The number of benzene rings is 1. The monoisotopic (exact) mass is 468 g/mol.